The monoisotopic (exact) mass is 255 g/mol. The van der Waals surface area contributed by atoms with Crippen LogP contribution in [-0.2, 0) is 5.75 Å². The second kappa shape index (κ2) is 5.87. The number of rotatable bonds is 5. The molecule has 1 fully saturated rings. The maximum atomic E-state index is 5.89. The zero-order valence-corrected chi connectivity index (χ0v) is 11.4. The van der Waals surface area contributed by atoms with Gasteiger partial charge in [0.05, 0.1) is 5.75 Å². The van der Waals surface area contributed by atoms with Crippen LogP contribution in [0.5, 0.6) is 0 Å². The third-order valence-corrected chi connectivity index (χ3v) is 4.71. The quantitative estimate of drug-likeness (QED) is 0.876. The van der Waals surface area contributed by atoms with Crippen molar-refractivity contribution in [2.24, 2.45) is 5.73 Å². The van der Waals surface area contributed by atoms with Crippen molar-refractivity contribution in [1.82, 2.24) is 10.1 Å². The van der Waals surface area contributed by atoms with Gasteiger partial charge in [-0.3, -0.25) is 0 Å². The van der Waals surface area contributed by atoms with Crippen LogP contribution in [0.4, 0.5) is 0 Å². The Morgan fingerprint density at radius 2 is 2.35 bits per heavy atom. The van der Waals surface area contributed by atoms with E-state index in [1.807, 2.05) is 11.8 Å². The Kier molecular flexibility index (Phi) is 4.45. The minimum absolute atomic E-state index is 0.310. The third kappa shape index (κ3) is 3.45. The highest BCUT2D eigenvalue weighted by atomic mass is 32.2. The number of hydrogen-bond acceptors (Lipinski definition) is 5. The van der Waals surface area contributed by atoms with Gasteiger partial charge in [-0.25, -0.2) is 0 Å². The minimum Gasteiger partial charge on any atom is -0.339 e. The first-order valence-corrected chi connectivity index (χ1v) is 7.43. The first-order chi connectivity index (χ1) is 8.19. The van der Waals surface area contributed by atoms with E-state index in [1.165, 1.54) is 6.42 Å². The second-order valence-corrected chi connectivity index (χ2v) is 6.28. The number of nitrogens with zero attached hydrogens (tertiary/aromatic N) is 2. The van der Waals surface area contributed by atoms with Crippen molar-refractivity contribution in [2.75, 3.05) is 0 Å². The van der Waals surface area contributed by atoms with E-state index in [2.05, 4.69) is 24.0 Å². The first kappa shape index (κ1) is 12.9. The lowest BCUT2D eigenvalue weighted by Crippen LogP contribution is -2.14. The lowest BCUT2D eigenvalue weighted by Gasteiger charge is -2.04. The Morgan fingerprint density at radius 1 is 1.53 bits per heavy atom. The lowest BCUT2D eigenvalue weighted by atomic mass is 10.1. The molecule has 96 valence electrons. The number of thioether (sulfide) groups is 1. The Balaban J connectivity index is 1.87. The largest absolute Gasteiger partial charge is 0.339 e. The van der Waals surface area contributed by atoms with Crippen molar-refractivity contribution in [3.8, 4) is 0 Å². The molecule has 1 aromatic heterocycles. The van der Waals surface area contributed by atoms with Crippen molar-refractivity contribution in [3.05, 3.63) is 11.7 Å². The molecule has 1 heterocycles. The summed E-state index contributed by atoms with van der Waals surface area (Å²) in [5, 5.41) is 4.69. The van der Waals surface area contributed by atoms with Crippen molar-refractivity contribution in [1.29, 1.82) is 0 Å². The molecular weight excluding hydrogens is 234 g/mol. The predicted molar refractivity (Wildman–Crippen MR) is 69.9 cm³/mol. The molecule has 0 aliphatic heterocycles. The number of hydrogen-bond donors (Lipinski definition) is 1. The molecule has 1 aromatic rings. The van der Waals surface area contributed by atoms with Crippen LogP contribution in [0.15, 0.2) is 4.52 Å². The van der Waals surface area contributed by atoms with E-state index in [0.29, 0.717) is 17.2 Å². The van der Waals surface area contributed by atoms with Gasteiger partial charge >= 0.3 is 0 Å². The zero-order valence-electron chi connectivity index (χ0n) is 10.6. The molecule has 0 radical (unpaired) electrons. The van der Waals surface area contributed by atoms with Gasteiger partial charge in [0.25, 0.3) is 0 Å². The molecule has 5 heteroatoms. The Hall–Kier alpha value is -0.550. The lowest BCUT2D eigenvalue weighted by molar-refractivity contribution is 0.350. The van der Waals surface area contributed by atoms with Crippen LogP contribution in [0.2, 0.25) is 0 Å². The summed E-state index contributed by atoms with van der Waals surface area (Å²) >= 11 is 1.88. The van der Waals surface area contributed by atoms with Gasteiger partial charge in [0.2, 0.25) is 5.89 Å². The van der Waals surface area contributed by atoms with Crippen LogP contribution in [-0.4, -0.2) is 21.4 Å². The van der Waals surface area contributed by atoms with Crippen molar-refractivity contribution in [3.63, 3.8) is 0 Å². The third-order valence-electron chi connectivity index (χ3n) is 3.38. The van der Waals surface area contributed by atoms with Crippen LogP contribution >= 0.6 is 11.8 Å². The molecule has 3 atom stereocenters. The maximum Gasteiger partial charge on any atom is 0.229 e. The van der Waals surface area contributed by atoms with Gasteiger partial charge in [0.1, 0.15) is 0 Å². The molecule has 4 nitrogen and oxygen atoms in total. The van der Waals surface area contributed by atoms with Crippen LogP contribution in [0.3, 0.4) is 0 Å². The molecule has 17 heavy (non-hydrogen) atoms. The van der Waals surface area contributed by atoms with Crippen LogP contribution in [0, 0.1) is 0 Å². The Morgan fingerprint density at radius 3 is 3.00 bits per heavy atom. The molecule has 0 bridgehead atoms. The minimum atomic E-state index is 0.310. The summed E-state index contributed by atoms with van der Waals surface area (Å²) in [6.07, 6.45) is 4.32. The fourth-order valence-electron chi connectivity index (χ4n) is 2.07. The van der Waals surface area contributed by atoms with Gasteiger partial charge in [-0.15, -0.1) is 0 Å². The van der Waals surface area contributed by atoms with Gasteiger partial charge in [-0.05, 0) is 25.7 Å². The van der Waals surface area contributed by atoms with E-state index < -0.39 is 0 Å². The molecule has 0 spiro atoms. The van der Waals surface area contributed by atoms with Gasteiger partial charge in [0, 0.05) is 17.2 Å². The van der Waals surface area contributed by atoms with Gasteiger partial charge in [-0.1, -0.05) is 19.0 Å². The summed E-state index contributed by atoms with van der Waals surface area (Å²) in [5.41, 5.74) is 5.89. The standard InChI is InChI=1S/C12H21N3OS/c1-3-8(2)17-7-11-14-12(16-15-11)9-4-5-10(13)6-9/h8-10H,3-7,13H2,1-2H3. The average Bonchev–Trinajstić information content (AvgIpc) is 2.94. The number of aromatic nitrogens is 2. The topological polar surface area (TPSA) is 64.9 Å². The highest BCUT2D eigenvalue weighted by Gasteiger charge is 2.27. The molecule has 3 unspecified atom stereocenters. The average molecular weight is 255 g/mol. The van der Waals surface area contributed by atoms with Gasteiger partial charge < -0.3 is 10.3 Å². The molecule has 0 saturated heterocycles. The molecular formula is C12H21N3OS. The summed E-state index contributed by atoms with van der Waals surface area (Å²) < 4.78 is 5.33. The molecule has 2 rings (SSSR count). The van der Waals surface area contributed by atoms with Crippen molar-refractivity contribution in [2.45, 2.75) is 62.5 Å². The van der Waals surface area contributed by atoms with E-state index in [0.717, 1.165) is 36.7 Å². The van der Waals surface area contributed by atoms with E-state index in [1.54, 1.807) is 0 Å². The zero-order chi connectivity index (χ0) is 12.3. The predicted octanol–water partition coefficient (Wildman–Crippen LogP) is 2.70. The van der Waals surface area contributed by atoms with E-state index in [-0.39, 0.29) is 0 Å². The second-order valence-electron chi connectivity index (χ2n) is 4.85. The van der Waals surface area contributed by atoms with Crippen LogP contribution < -0.4 is 5.73 Å². The number of nitrogens with two attached hydrogens (primary N) is 1. The summed E-state index contributed by atoms with van der Waals surface area (Å²) in [6.45, 7) is 4.42. The summed E-state index contributed by atoms with van der Waals surface area (Å²) in [6, 6.07) is 0.310. The fourth-order valence-corrected chi connectivity index (χ4v) is 2.85. The van der Waals surface area contributed by atoms with E-state index in [9.17, 15) is 0 Å². The molecule has 2 N–H and O–H groups in total. The van der Waals surface area contributed by atoms with Crippen molar-refractivity contribution >= 4 is 11.8 Å². The maximum absolute atomic E-state index is 5.89. The smallest absolute Gasteiger partial charge is 0.229 e. The fraction of sp³-hybridized carbons (Fsp3) is 0.833. The molecule has 0 aromatic carbocycles. The molecule has 1 aliphatic rings. The normalized spacial score (nSPS) is 26.3. The van der Waals surface area contributed by atoms with Gasteiger partial charge in [0.15, 0.2) is 5.82 Å². The Labute approximate surface area is 107 Å². The first-order valence-electron chi connectivity index (χ1n) is 6.38. The van der Waals surface area contributed by atoms with Gasteiger partial charge in [-0.2, -0.15) is 16.7 Å². The molecule has 1 saturated carbocycles. The summed E-state index contributed by atoms with van der Waals surface area (Å²) in [5.74, 6) is 2.85. The van der Waals surface area contributed by atoms with E-state index >= 15 is 0 Å². The molecule has 1 aliphatic carbocycles. The highest BCUT2D eigenvalue weighted by molar-refractivity contribution is 7.99. The highest BCUT2D eigenvalue weighted by Crippen LogP contribution is 2.32. The van der Waals surface area contributed by atoms with Crippen LogP contribution in [0.25, 0.3) is 0 Å². The van der Waals surface area contributed by atoms with Crippen LogP contribution in [0.1, 0.15) is 57.2 Å². The Bertz CT molecular complexity index is 355. The summed E-state index contributed by atoms with van der Waals surface area (Å²) in [7, 11) is 0. The molecule has 0 amide bonds. The van der Waals surface area contributed by atoms with E-state index in [4.69, 9.17) is 10.3 Å². The summed E-state index contributed by atoms with van der Waals surface area (Å²) in [4.78, 5) is 4.48. The van der Waals surface area contributed by atoms with Crippen molar-refractivity contribution < 1.29 is 4.52 Å². The SMILES string of the molecule is CCC(C)SCc1noc(C2CCC(N)C2)n1.